The van der Waals surface area contributed by atoms with Crippen LogP contribution in [0.1, 0.15) is 55.7 Å². The summed E-state index contributed by atoms with van der Waals surface area (Å²) in [6.07, 6.45) is 0.460. The number of aliphatic carboxylic acids is 1. The molecular formula is C18H22F3NO2. The molecule has 1 aliphatic carbocycles. The molecule has 132 valence electrons. The minimum atomic E-state index is -4.34. The van der Waals surface area contributed by atoms with Gasteiger partial charge in [0.05, 0.1) is 11.0 Å². The van der Waals surface area contributed by atoms with E-state index in [9.17, 15) is 23.1 Å². The van der Waals surface area contributed by atoms with Gasteiger partial charge in [0.2, 0.25) is 0 Å². The molecule has 3 nitrogen and oxygen atoms in total. The number of hydrogen-bond acceptors (Lipinski definition) is 2. The Bertz CT molecular complexity index is 591. The van der Waals surface area contributed by atoms with Gasteiger partial charge in [-0.2, -0.15) is 13.2 Å². The van der Waals surface area contributed by atoms with Crippen LogP contribution in [-0.4, -0.2) is 17.6 Å². The lowest BCUT2D eigenvalue weighted by Crippen LogP contribution is -2.43. The summed E-state index contributed by atoms with van der Waals surface area (Å²) in [7, 11) is 0. The fraction of sp³-hybridized carbons (Fsp3) is 0.611. The van der Waals surface area contributed by atoms with Crippen LogP contribution in [0, 0.1) is 11.3 Å². The zero-order chi connectivity index (χ0) is 17.4. The summed E-state index contributed by atoms with van der Waals surface area (Å²) in [5, 5.41) is 13.1. The highest BCUT2D eigenvalue weighted by Gasteiger charge is 2.48. The van der Waals surface area contributed by atoms with Crippen molar-refractivity contribution in [3.8, 4) is 0 Å². The Kier molecular flexibility index (Phi) is 4.60. The average Bonchev–Trinajstić information content (AvgIpc) is 3.05. The molecule has 0 unspecified atom stereocenters. The van der Waals surface area contributed by atoms with Crippen molar-refractivity contribution in [3.05, 3.63) is 35.4 Å². The van der Waals surface area contributed by atoms with E-state index in [1.54, 1.807) is 0 Å². The molecule has 24 heavy (non-hydrogen) atoms. The molecule has 1 aromatic rings. The summed E-state index contributed by atoms with van der Waals surface area (Å²) < 4.78 is 38.1. The summed E-state index contributed by atoms with van der Waals surface area (Å²) in [5.74, 6) is -0.635. The highest BCUT2D eigenvalue weighted by molar-refractivity contribution is 5.75. The van der Waals surface area contributed by atoms with Crippen molar-refractivity contribution in [1.29, 1.82) is 0 Å². The van der Waals surface area contributed by atoms with Crippen LogP contribution in [0.5, 0.6) is 0 Å². The molecule has 0 radical (unpaired) electrons. The standard InChI is InChI=1S/C18H22F3NO2/c19-18(20,21)13-5-3-12(4-6-13)15-11-14(7-10-22-15)17(16(23)24)8-1-2-9-17/h3-6,14-15,22H,1-2,7-11H2,(H,23,24)/t14-,15+/m0/s1. The minimum absolute atomic E-state index is 0.0750. The van der Waals surface area contributed by atoms with Gasteiger partial charge in [-0.3, -0.25) is 4.79 Å². The van der Waals surface area contributed by atoms with Crippen LogP contribution in [0.2, 0.25) is 0 Å². The molecule has 1 aromatic carbocycles. The van der Waals surface area contributed by atoms with Gasteiger partial charge >= 0.3 is 12.1 Å². The highest BCUT2D eigenvalue weighted by Crippen LogP contribution is 2.50. The van der Waals surface area contributed by atoms with Crippen molar-refractivity contribution in [2.75, 3.05) is 6.54 Å². The largest absolute Gasteiger partial charge is 0.481 e. The van der Waals surface area contributed by atoms with E-state index < -0.39 is 23.1 Å². The van der Waals surface area contributed by atoms with Gasteiger partial charge < -0.3 is 10.4 Å². The second-order valence-electron chi connectivity index (χ2n) is 7.02. The van der Waals surface area contributed by atoms with Crippen molar-refractivity contribution in [2.24, 2.45) is 11.3 Å². The van der Waals surface area contributed by atoms with E-state index in [0.717, 1.165) is 37.0 Å². The third kappa shape index (κ3) is 3.16. The Morgan fingerprint density at radius 2 is 1.79 bits per heavy atom. The van der Waals surface area contributed by atoms with Crippen molar-refractivity contribution in [1.82, 2.24) is 5.32 Å². The maximum Gasteiger partial charge on any atom is 0.416 e. The van der Waals surface area contributed by atoms with Crippen LogP contribution in [0.15, 0.2) is 24.3 Å². The van der Waals surface area contributed by atoms with Crippen LogP contribution in [-0.2, 0) is 11.0 Å². The molecule has 0 aromatic heterocycles. The number of benzene rings is 1. The third-order valence-corrected chi connectivity index (χ3v) is 5.75. The predicted molar refractivity (Wildman–Crippen MR) is 83.4 cm³/mol. The topological polar surface area (TPSA) is 49.3 Å². The van der Waals surface area contributed by atoms with E-state index in [-0.39, 0.29) is 12.0 Å². The lowest BCUT2D eigenvalue weighted by atomic mass is 9.68. The minimum Gasteiger partial charge on any atom is -0.481 e. The van der Waals surface area contributed by atoms with Gasteiger partial charge in [0, 0.05) is 6.04 Å². The first-order valence-electron chi connectivity index (χ1n) is 8.47. The molecule has 1 heterocycles. The monoisotopic (exact) mass is 341 g/mol. The molecule has 2 atom stereocenters. The van der Waals surface area contributed by atoms with E-state index >= 15 is 0 Å². The van der Waals surface area contributed by atoms with E-state index in [1.165, 1.54) is 12.1 Å². The molecule has 1 saturated carbocycles. The molecule has 2 fully saturated rings. The second-order valence-corrected chi connectivity index (χ2v) is 7.02. The smallest absolute Gasteiger partial charge is 0.416 e. The molecule has 6 heteroatoms. The lowest BCUT2D eigenvalue weighted by molar-refractivity contribution is -0.153. The number of alkyl halides is 3. The van der Waals surface area contributed by atoms with Crippen molar-refractivity contribution >= 4 is 5.97 Å². The highest BCUT2D eigenvalue weighted by atomic mass is 19.4. The Morgan fingerprint density at radius 3 is 2.33 bits per heavy atom. The van der Waals surface area contributed by atoms with Crippen LogP contribution in [0.4, 0.5) is 13.2 Å². The zero-order valence-electron chi connectivity index (χ0n) is 13.4. The third-order valence-electron chi connectivity index (χ3n) is 5.75. The van der Waals surface area contributed by atoms with Crippen molar-refractivity contribution < 1.29 is 23.1 Å². The first-order chi connectivity index (χ1) is 11.3. The van der Waals surface area contributed by atoms with Crippen LogP contribution < -0.4 is 5.32 Å². The lowest BCUT2D eigenvalue weighted by Gasteiger charge is -2.40. The molecule has 2 N–H and O–H groups in total. The zero-order valence-corrected chi connectivity index (χ0v) is 13.4. The van der Waals surface area contributed by atoms with Gasteiger partial charge in [0.25, 0.3) is 0 Å². The number of piperidine rings is 1. The maximum atomic E-state index is 12.7. The summed E-state index contributed by atoms with van der Waals surface area (Å²) in [5.41, 5.74) is -0.505. The van der Waals surface area contributed by atoms with E-state index in [2.05, 4.69) is 5.32 Å². The number of carboxylic acid groups (broad SMARTS) is 1. The molecule has 1 aliphatic heterocycles. The van der Waals surface area contributed by atoms with Gasteiger partial charge in [0.15, 0.2) is 0 Å². The van der Waals surface area contributed by atoms with Gasteiger partial charge in [-0.1, -0.05) is 25.0 Å². The number of carboxylic acids is 1. The normalized spacial score (nSPS) is 27.1. The van der Waals surface area contributed by atoms with Crippen LogP contribution in [0.25, 0.3) is 0 Å². The van der Waals surface area contributed by atoms with Crippen LogP contribution >= 0.6 is 0 Å². The average molecular weight is 341 g/mol. The fourth-order valence-corrected chi connectivity index (χ4v) is 4.38. The first kappa shape index (κ1) is 17.3. The molecule has 0 spiro atoms. The SMILES string of the molecule is O=C(O)C1([C@H]2CCN[C@@H](c3ccc(C(F)(F)F)cc3)C2)CCCC1. The van der Waals surface area contributed by atoms with Gasteiger partial charge in [-0.15, -0.1) is 0 Å². The van der Waals surface area contributed by atoms with E-state index in [1.807, 2.05) is 0 Å². The fourth-order valence-electron chi connectivity index (χ4n) is 4.38. The predicted octanol–water partition coefficient (Wildman–Crippen LogP) is 4.39. The summed E-state index contributed by atoms with van der Waals surface area (Å²) in [6, 6.07) is 5.13. The Hall–Kier alpha value is -1.56. The van der Waals surface area contributed by atoms with Crippen molar-refractivity contribution in [3.63, 3.8) is 0 Å². The number of rotatable bonds is 3. The van der Waals surface area contributed by atoms with E-state index in [0.29, 0.717) is 25.8 Å². The molecule has 0 bridgehead atoms. The first-order valence-corrected chi connectivity index (χ1v) is 8.47. The molecule has 3 rings (SSSR count). The Morgan fingerprint density at radius 1 is 1.17 bits per heavy atom. The molecule has 2 aliphatic rings. The quantitative estimate of drug-likeness (QED) is 0.857. The van der Waals surface area contributed by atoms with Crippen LogP contribution in [0.3, 0.4) is 0 Å². The van der Waals surface area contributed by atoms with E-state index in [4.69, 9.17) is 0 Å². The molecule has 1 saturated heterocycles. The van der Waals surface area contributed by atoms with Crippen molar-refractivity contribution in [2.45, 2.75) is 50.7 Å². The summed E-state index contributed by atoms with van der Waals surface area (Å²) in [4.78, 5) is 11.9. The van der Waals surface area contributed by atoms with Gasteiger partial charge in [-0.25, -0.2) is 0 Å². The number of halogens is 3. The Balaban J connectivity index is 1.77. The Labute approximate surface area is 139 Å². The second kappa shape index (κ2) is 6.39. The number of carbonyl (C=O) groups is 1. The molecular weight excluding hydrogens is 319 g/mol. The number of nitrogens with one attached hydrogen (secondary N) is 1. The molecule has 0 amide bonds. The van der Waals surface area contributed by atoms with Gasteiger partial charge in [-0.05, 0) is 55.8 Å². The van der Waals surface area contributed by atoms with Gasteiger partial charge in [0.1, 0.15) is 0 Å². The maximum absolute atomic E-state index is 12.7. The summed E-state index contributed by atoms with van der Waals surface area (Å²) in [6.45, 7) is 0.700. The number of hydrogen-bond donors (Lipinski definition) is 2. The summed E-state index contributed by atoms with van der Waals surface area (Å²) >= 11 is 0.